The zero-order valence-electron chi connectivity index (χ0n) is 10.9. The summed E-state index contributed by atoms with van der Waals surface area (Å²) in [6.45, 7) is 3.80. The Morgan fingerprint density at radius 3 is 2.89 bits per heavy atom. The lowest BCUT2D eigenvalue weighted by atomic mass is 10.2. The second-order valence-electron chi connectivity index (χ2n) is 4.26. The van der Waals surface area contributed by atoms with E-state index in [2.05, 4.69) is 10.3 Å². The Labute approximate surface area is 112 Å². The highest BCUT2D eigenvalue weighted by molar-refractivity contribution is 5.32. The number of hydrogen-bond acceptors (Lipinski definition) is 3. The average Bonchev–Trinajstić information content (AvgIpc) is 2.42. The minimum Gasteiger partial charge on any atom is -0.492 e. The van der Waals surface area contributed by atoms with Crippen LogP contribution in [0.1, 0.15) is 11.3 Å². The molecule has 3 nitrogen and oxygen atoms in total. The Morgan fingerprint density at radius 2 is 2.16 bits per heavy atom. The van der Waals surface area contributed by atoms with Gasteiger partial charge < -0.3 is 10.1 Å². The van der Waals surface area contributed by atoms with E-state index in [-0.39, 0.29) is 5.82 Å². The van der Waals surface area contributed by atoms with Crippen molar-refractivity contribution < 1.29 is 9.13 Å². The van der Waals surface area contributed by atoms with E-state index in [1.54, 1.807) is 12.3 Å². The van der Waals surface area contributed by atoms with Gasteiger partial charge in [-0.3, -0.25) is 4.98 Å². The Hall–Kier alpha value is -1.94. The molecule has 0 bridgehead atoms. The van der Waals surface area contributed by atoms with Crippen LogP contribution in [0.2, 0.25) is 0 Å². The van der Waals surface area contributed by atoms with Crippen molar-refractivity contribution in [1.82, 2.24) is 10.3 Å². The van der Waals surface area contributed by atoms with Crippen molar-refractivity contribution in [2.75, 3.05) is 13.2 Å². The van der Waals surface area contributed by atoms with E-state index in [4.69, 9.17) is 4.74 Å². The highest BCUT2D eigenvalue weighted by atomic mass is 19.1. The van der Waals surface area contributed by atoms with Crippen molar-refractivity contribution in [1.29, 1.82) is 0 Å². The maximum absolute atomic E-state index is 12.9. The van der Waals surface area contributed by atoms with E-state index in [1.165, 1.54) is 12.1 Å². The molecular weight excluding hydrogens is 243 g/mol. The van der Waals surface area contributed by atoms with Gasteiger partial charge in [0.25, 0.3) is 0 Å². The van der Waals surface area contributed by atoms with Gasteiger partial charge in [0.05, 0.1) is 5.69 Å². The lowest BCUT2D eigenvalue weighted by Crippen LogP contribution is -2.21. The number of hydrogen-bond donors (Lipinski definition) is 1. The number of aromatic nitrogens is 1. The Bertz CT molecular complexity index is 517. The molecule has 0 radical (unpaired) electrons. The van der Waals surface area contributed by atoms with Crippen LogP contribution in [0.25, 0.3) is 0 Å². The van der Waals surface area contributed by atoms with Crippen molar-refractivity contribution in [3.05, 3.63) is 59.7 Å². The second-order valence-corrected chi connectivity index (χ2v) is 4.26. The van der Waals surface area contributed by atoms with Gasteiger partial charge in [-0.2, -0.15) is 0 Å². The molecule has 1 N–H and O–H groups in total. The van der Waals surface area contributed by atoms with Crippen molar-refractivity contribution >= 4 is 0 Å². The summed E-state index contributed by atoms with van der Waals surface area (Å²) in [4.78, 5) is 4.21. The normalized spacial score (nSPS) is 10.4. The molecule has 0 fully saturated rings. The highest BCUT2D eigenvalue weighted by Gasteiger charge is 2.00. The lowest BCUT2D eigenvalue weighted by molar-refractivity contribution is 0.311. The molecule has 1 heterocycles. The van der Waals surface area contributed by atoms with Gasteiger partial charge in [-0.1, -0.05) is 6.07 Å². The molecule has 0 aliphatic carbocycles. The van der Waals surface area contributed by atoms with E-state index < -0.39 is 0 Å². The average molecular weight is 260 g/mol. The number of nitrogens with one attached hydrogen (secondary N) is 1. The van der Waals surface area contributed by atoms with Gasteiger partial charge in [0.2, 0.25) is 0 Å². The number of aryl methyl sites for hydroxylation is 1. The summed E-state index contributed by atoms with van der Waals surface area (Å²) in [5, 5.41) is 3.24. The molecule has 0 atom stereocenters. The largest absolute Gasteiger partial charge is 0.492 e. The molecule has 0 aliphatic rings. The van der Waals surface area contributed by atoms with E-state index in [1.807, 2.05) is 25.1 Å². The predicted molar refractivity (Wildman–Crippen MR) is 72.6 cm³/mol. The zero-order chi connectivity index (χ0) is 13.5. The Balaban J connectivity index is 1.69. The molecule has 2 rings (SSSR count). The molecule has 100 valence electrons. The molecule has 0 amide bonds. The van der Waals surface area contributed by atoms with Gasteiger partial charge in [-0.05, 0) is 42.8 Å². The maximum Gasteiger partial charge on any atom is 0.123 e. The van der Waals surface area contributed by atoms with Crippen LogP contribution in [0, 0.1) is 12.7 Å². The first kappa shape index (κ1) is 13.5. The van der Waals surface area contributed by atoms with Crippen LogP contribution in [0.15, 0.2) is 42.6 Å². The van der Waals surface area contributed by atoms with E-state index >= 15 is 0 Å². The maximum atomic E-state index is 12.9. The summed E-state index contributed by atoms with van der Waals surface area (Å²) in [7, 11) is 0. The van der Waals surface area contributed by atoms with Gasteiger partial charge in [0.15, 0.2) is 0 Å². The SMILES string of the molecule is Cc1cc(F)ccc1OCCNCc1ccccn1. The van der Waals surface area contributed by atoms with Crippen LogP contribution in [0.5, 0.6) is 5.75 Å². The third-order valence-electron chi connectivity index (χ3n) is 2.71. The fraction of sp³-hybridized carbons (Fsp3) is 0.267. The van der Waals surface area contributed by atoms with E-state index in [0.29, 0.717) is 19.7 Å². The minimum atomic E-state index is -0.238. The van der Waals surface area contributed by atoms with Gasteiger partial charge >= 0.3 is 0 Å². The van der Waals surface area contributed by atoms with Crippen LogP contribution in [0.4, 0.5) is 4.39 Å². The zero-order valence-corrected chi connectivity index (χ0v) is 10.9. The summed E-state index contributed by atoms with van der Waals surface area (Å²) in [5.74, 6) is 0.485. The number of ether oxygens (including phenoxy) is 1. The Morgan fingerprint density at radius 1 is 1.26 bits per heavy atom. The monoisotopic (exact) mass is 260 g/mol. The standard InChI is InChI=1S/C15H17FN2O/c1-12-10-13(16)5-6-15(12)19-9-8-17-11-14-4-2-3-7-18-14/h2-7,10,17H,8-9,11H2,1H3. The molecule has 0 saturated carbocycles. The second kappa shape index (κ2) is 6.85. The summed E-state index contributed by atoms with van der Waals surface area (Å²) < 4.78 is 18.5. The third kappa shape index (κ3) is 4.34. The minimum absolute atomic E-state index is 0.238. The van der Waals surface area contributed by atoms with Gasteiger partial charge in [-0.25, -0.2) is 4.39 Å². The number of pyridine rings is 1. The molecular formula is C15H17FN2O. The number of nitrogens with zero attached hydrogens (tertiary/aromatic N) is 1. The summed E-state index contributed by atoms with van der Waals surface area (Å²) in [5.41, 5.74) is 1.81. The van der Waals surface area contributed by atoms with Crippen molar-refractivity contribution in [2.45, 2.75) is 13.5 Å². The summed E-state index contributed by atoms with van der Waals surface area (Å²) in [6, 6.07) is 10.4. The van der Waals surface area contributed by atoms with Crippen LogP contribution >= 0.6 is 0 Å². The summed E-state index contributed by atoms with van der Waals surface area (Å²) >= 11 is 0. The van der Waals surface area contributed by atoms with Gasteiger partial charge in [0, 0.05) is 19.3 Å². The summed E-state index contributed by atoms with van der Waals surface area (Å²) in [6.07, 6.45) is 1.77. The van der Waals surface area contributed by atoms with E-state index in [0.717, 1.165) is 17.0 Å². The molecule has 0 saturated heterocycles. The third-order valence-corrected chi connectivity index (χ3v) is 2.71. The number of benzene rings is 1. The number of halogens is 1. The fourth-order valence-electron chi connectivity index (χ4n) is 1.73. The smallest absolute Gasteiger partial charge is 0.123 e. The molecule has 0 spiro atoms. The molecule has 0 unspecified atom stereocenters. The van der Waals surface area contributed by atoms with Gasteiger partial charge in [0.1, 0.15) is 18.2 Å². The van der Waals surface area contributed by atoms with Crippen molar-refractivity contribution in [2.24, 2.45) is 0 Å². The molecule has 1 aromatic carbocycles. The quantitative estimate of drug-likeness (QED) is 0.811. The van der Waals surface area contributed by atoms with Crippen LogP contribution in [-0.2, 0) is 6.54 Å². The predicted octanol–water partition coefficient (Wildman–Crippen LogP) is 2.70. The van der Waals surface area contributed by atoms with Crippen molar-refractivity contribution in [3.8, 4) is 5.75 Å². The van der Waals surface area contributed by atoms with Crippen LogP contribution in [-0.4, -0.2) is 18.1 Å². The lowest BCUT2D eigenvalue weighted by Gasteiger charge is -2.09. The van der Waals surface area contributed by atoms with E-state index in [9.17, 15) is 4.39 Å². The molecule has 4 heteroatoms. The molecule has 1 aromatic heterocycles. The Kier molecular flexibility index (Phi) is 4.86. The highest BCUT2D eigenvalue weighted by Crippen LogP contribution is 2.17. The van der Waals surface area contributed by atoms with Crippen molar-refractivity contribution in [3.63, 3.8) is 0 Å². The molecule has 2 aromatic rings. The van der Waals surface area contributed by atoms with Gasteiger partial charge in [-0.15, -0.1) is 0 Å². The first-order valence-electron chi connectivity index (χ1n) is 6.25. The molecule has 0 aliphatic heterocycles. The van der Waals surface area contributed by atoms with Crippen LogP contribution in [0.3, 0.4) is 0 Å². The topological polar surface area (TPSA) is 34.1 Å². The first-order valence-corrected chi connectivity index (χ1v) is 6.25. The molecule has 19 heavy (non-hydrogen) atoms. The first-order chi connectivity index (χ1) is 9.25. The number of rotatable bonds is 6. The fourth-order valence-corrected chi connectivity index (χ4v) is 1.73. The van der Waals surface area contributed by atoms with Crippen LogP contribution < -0.4 is 10.1 Å².